The van der Waals surface area contributed by atoms with Gasteiger partial charge < -0.3 is 9.84 Å². The second kappa shape index (κ2) is 6.25. The predicted molar refractivity (Wildman–Crippen MR) is 76.1 cm³/mol. The second-order valence-corrected chi connectivity index (χ2v) is 5.49. The van der Waals surface area contributed by atoms with Crippen molar-refractivity contribution in [1.29, 1.82) is 0 Å². The maximum Gasteiger partial charge on any atom is 0.139 e. The molecular weight excluding hydrogens is 373 g/mol. The molecule has 2 nitrogen and oxygen atoms in total. The van der Waals surface area contributed by atoms with Crippen LogP contribution in [0.3, 0.4) is 0 Å². The molecule has 2 rings (SSSR count). The lowest BCUT2D eigenvalue weighted by Gasteiger charge is -2.18. The maximum atomic E-state index is 13.8. The van der Waals surface area contributed by atoms with Gasteiger partial charge in [-0.25, -0.2) is 13.2 Å². The van der Waals surface area contributed by atoms with Crippen LogP contribution in [0.4, 0.5) is 13.2 Å². The third-order valence-electron chi connectivity index (χ3n) is 2.85. The van der Waals surface area contributed by atoms with E-state index < -0.39 is 29.1 Å². The van der Waals surface area contributed by atoms with E-state index in [-0.39, 0.29) is 16.3 Å². The number of hydrogen-bond acceptors (Lipinski definition) is 2. The fraction of sp³-hybridized carbons (Fsp3) is 0.143. The topological polar surface area (TPSA) is 29.5 Å². The van der Waals surface area contributed by atoms with Crippen molar-refractivity contribution in [1.82, 2.24) is 0 Å². The molecule has 2 aromatic rings. The van der Waals surface area contributed by atoms with Gasteiger partial charge in [0.05, 0.1) is 17.1 Å². The molecule has 0 bridgehead atoms. The number of benzene rings is 2. The van der Waals surface area contributed by atoms with Gasteiger partial charge in [0, 0.05) is 22.7 Å². The summed E-state index contributed by atoms with van der Waals surface area (Å²) in [6, 6.07) is 3.81. The van der Waals surface area contributed by atoms with Crippen LogP contribution in [0.25, 0.3) is 0 Å². The zero-order valence-corrected chi connectivity index (χ0v) is 13.0. The first-order chi connectivity index (χ1) is 9.85. The molecular formula is C14H9BrClF3O2. The number of rotatable bonds is 3. The monoisotopic (exact) mass is 380 g/mol. The van der Waals surface area contributed by atoms with Gasteiger partial charge in [-0.15, -0.1) is 0 Å². The van der Waals surface area contributed by atoms with Gasteiger partial charge in [-0.3, -0.25) is 0 Å². The van der Waals surface area contributed by atoms with Gasteiger partial charge in [0.25, 0.3) is 0 Å². The Balaban J connectivity index is 2.63. The molecule has 0 heterocycles. The van der Waals surface area contributed by atoms with Crippen LogP contribution in [0.2, 0.25) is 5.02 Å². The molecule has 1 atom stereocenters. The third-order valence-corrected chi connectivity index (χ3v) is 3.66. The molecule has 0 spiro atoms. The highest BCUT2D eigenvalue weighted by molar-refractivity contribution is 9.10. The molecule has 1 N–H and O–H groups in total. The van der Waals surface area contributed by atoms with Crippen LogP contribution in [0.15, 0.2) is 28.7 Å². The molecule has 0 aliphatic carbocycles. The van der Waals surface area contributed by atoms with Crippen LogP contribution in [-0.2, 0) is 0 Å². The number of aliphatic hydroxyl groups excluding tert-OH is 1. The summed E-state index contributed by atoms with van der Waals surface area (Å²) < 4.78 is 46.0. The van der Waals surface area contributed by atoms with E-state index in [9.17, 15) is 18.3 Å². The van der Waals surface area contributed by atoms with Crippen LogP contribution in [-0.4, -0.2) is 12.2 Å². The normalized spacial score (nSPS) is 12.3. The van der Waals surface area contributed by atoms with Gasteiger partial charge in [-0.1, -0.05) is 11.6 Å². The lowest BCUT2D eigenvalue weighted by atomic mass is 9.99. The highest BCUT2D eigenvalue weighted by Gasteiger charge is 2.25. The average molecular weight is 382 g/mol. The van der Waals surface area contributed by atoms with Crippen molar-refractivity contribution in [2.45, 2.75) is 6.10 Å². The second-order valence-electron chi connectivity index (χ2n) is 4.20. The van der Waals surface area contributed by atoms with Crippen molar-refractivity contribution < 1.29 is 23.0 Å². The minimum absolute atomic E-state index is 0.0567. The van der Waals surface area contributed by atoms with Gasteiger partial charge in [0.2, 0.25) is 0 Å². The van der Waals surface area contributed by atoms with Crippen molar-refractivity contribution in [3.63, 3.8) is 0 Å². The first-order valence-electron chi connectivity index (χ1n) is 5.70. The Morgan fingerprint density at radius 3 is 2.24 bits per heavy atom. The highest BCUT2D eigenvalue weighted by Crippen LogP contribution is 2.39. The maximum absolute atomic E-state index is 13.8. The smallest absolute Gasteiger partial charge is 0.139 e. The van der Waals surface area contributed by atoms with Crippen molar-refractivity contribution in [3.8, 4) is 5.75 Å². The zero-order chi connectivity index (χ0) is 15.7. The van der Waals surface area contributed by atoms with E-state index in [2.05, 4.69) is 15.9 Å². The molecule has 0 aliphatic rings. The summed E-state index contributed by atoms with van der Waals surface area (Å²) >= 11 is 9.05. The third kappa shape index (κ3) is 3.17. The molecule has 0 saturated carbocycles. The molecule has 2 aromatic carbocycles. The Labute approximate surface area is 132 Å². The van der Waals surface area contributed by atoms with E-state index in [4.69, 9.17) is 16.3 Å². The summed E-state index contributed by atoms with van der Waals surface area (Å²) in [5.41, 5.74) is -0.620. The molecule has 21 heavy (non-hydrogen) atoms. The molecule has 1 unspecified atom stereocenters. The van der Waals surface area contributed by atoms with Crippen LogP contribution in [0.1, 0.15) is 17.2 Å². The number of ether oxygens (including phenoxy) is 1. The summed E-state index contributed by atoms with van der Waals surface area (Å²) in [6.45, 7) is 0. The summed E-state index contributed by atoms with van der Waals surface area (Å²) in [5.74, 6) is -3.29. The molecule has 0 radical (unpaired) electrons. The lowest BCUT2D eigenvalue weighted by molar-refractivity contribution is 0.203. The molecule has 0 aromatic heterocycles. The fourth-order valence-corrected chi connectivity index (χ4v) is 2.96. The van der Waals surface area contributed by atoms with E-state index in [1.165, 1.54) is 19.2 Å². The van der Waals surface area contributed by atoms with Crippen molar-refractivity contribution in [3.05, 3.63) is 62.3 Å². The molecule has 0 aliphatic heterocycles. The first kappa shape index (κ1) is 16.1. The van der Waals surface area contributed by atoms with Gasteiger partial charge in [-0.05, 0) is 28.1 Å². The molecule has 0 saturated heterocycles. The predicted octanol–water partition coefficient (Wildman–Crippen LogP) is 4.61. The van der Waals surface area contributed by atoms with Crippen molar-refractivity contribution in [2.75, 3.05) is 7.11 Å². The van der Waals surface area contributed by atoms with Crippen LogP contribution >= 0.6 is 27.5 Å². The Hall–Kier alpha value is -1.24. The van der Waals surface area contributed by atoms with Crippen LogP contribution in [0.5, 0.6) is 5.75 Å². The molecule has 0 amide bonds. The van der Waals surface area contributed by atoms with E-state index >= 15 is 0 Å². The van der Waals surface area contributed by atoms with Gasteiger partial charge in [0.1, 0.15) is 29.3 Å². The Morgan fingerprint density at radius 2 is 1.71 bits per heavy atom. The van der Waals surface area contributed by atoms with Gasteiger partial charge in [0.15, 0.2) is 0 Å². The average Bonchev–Trinajstić information content (AvgIpc) is 2.36. The molecule has 0 fully saturated rings. The zero-order valence-electron chi connectivity index (χ0n) is 10.6. The molecule has 7 heteroatoms. The number of aliphatic hydroxyl groups is 1. The van der Waals surface area contributed by atoms with Crippen LogP contribution < -0.4 is 4.74 Å². The fourth-order valence-electron chi connectivity index (χ4n) is 1.97. The Kier molecular flexibility index (Phi) is 4.81. The number of hydrogen-bond donors (Lipinski definition) is 1. The van der Waals surface area contributed by atoms with Crippen molar-refractivity contribution in [2.24, 2.45) is 0 Å². The number of halogens is 5. The Bertz CT molecular complexity index is 671. The summed E-state index contributed by atoms with van der Waals surface area (Å²) in [5, 5.41) is 10.5. The summed E-state index contributed by atoms with van der Waals surface area (Å²) in [6.07, 6.45) is -1.70. The SMILES string of the molecule is COc1c(Br)cc(Cl)cc1C(O)c1c(F)cc(F)cc1F. The quantitative estimate of drug-likeness (QED) is 0.841. The summed E-state index contributed by atoms with van der Waals surface area (Å²) in [4.78, 5) is 0. The summed E-state index contributed by atoms with van der Waals surface area (Å²) in [7, 11) is 1.33. The Morgan fingerprint density at radius 1 is 1.14 bits per heavy atom. The minimum atomic E-state index is -1.70. The van der Waals surface area contributed by atoms with E-state index in [0.717, 1.165) is 0 Å². The van der Waals surface area contributed by atoms with E-state index in [0.29, 0.717) is 16.6 Å². The van der Waals surface area contributed by atoms with E-state index in [1.807, 2.05) is 0 Å². The largest absolute Gasteiger partial charge is 0.495 e. The van der Waals surface area contributed by atoms with Gasteiger partial charge >= 0.3 is 0 Å². The van der Waals surface area contributed by atoms with Crippen molar-refractivity contribution >= 4 is 27.5 Å². The number of methoxy groups -OCH3 is 1. The van der Waals surface area contributed by atoms with Crippen LogP contribution in [0, 0.1) is 17.5 Å². The first-order valence-corrected chi connectivity index (χ1v) is 6.87. The lowest BCUT2D eigenvalue weighted by Crippen LogP contribution is -2.08. The molecule has 112 valence electrons. The van der Waals surface area contributed by atoms with Gasteiger partial charge in [-0.2, -0.15) is 0 Å². The minimum Gasteiger partial charge on any atom is -0.495 e. The standard InChI is InChI=1S/C14H9BrClF3O2/c1-21-14-8(2-6(16)3-9(14)15)13(20)12-10(18)4-7(17)5-11(12)19/h2-5,13,20H,1H3. The van der Waals surface area contributed by atoms with E-state index in [1.54, 1.807) is 0 Å². The highest BCUT2D eigenvalue weighted by atomic mass is 79.9.